The Morgan fingerprint density at radius 1 is 1.08 bits per heavy atom. The summed E-state index contributed by atoms with van der Waals surface area (Å²) in [7, 11) is 0. The molecule has 3 heteroatoms. The van der Waals surface area contributed by atoms with Gasteiger partial charge in [-0.25, -0.2) is 0 Å². The lowest BCUT2D eigenvalue weighted by Gasteiger charge is -2.17. The molecule has 2 aromatic rings. The molecule has 0 saturated heterocycles. The molecule has 0 radical (unpaired) electrons. The number of nitrogens with one attached hydrogen (secondary N) is 1. The fourth-order valence-corrected chi connectivity index (χ4v) is 2.90. The van der Waals surface area contributed by atoms with Crippen molar-refractivity contribution in [2.24, 2.45) is 4.99 Å². The molecule has 0 fully saturated rings. The third-order valence-corrected chi connectivity index (χ3v) is 4.35. The fourth-order valence-electron chi connectivity index (χ4n) is 2.90. The molecule has 26 heavy (non-hydrogen) atoms. The second kappa shape index (κ2) is 10.3. The Morgan fingerprint density at radius 2 is 1.77 bits per heavy atom. The summed E-state index contributed by atoms with van der Waals surface area (Å²) in [5.74, 6) is 0.00435. The van der Waals surface area contributed by atoms with E-state index in [9.17, 15) is 4.79 Å². The van der Waals surface area contributed by atoms with Crippen molar-refractivity contribution in [3.8, 4) is 0 Å². The van der Waals surface area contributed by atoms with E-state index in [1.165, 1.54) is 16.7 Å². The van der Waals surface area contributed by atoms with Crippen LogP contribution in [0.1, 0.15) is 56.3 Å². The molecule has 0 bridgehead atoms. The van der Waals surface area contributed by atoms with Gasteiger partial charge in [-0.2, -0.15) is 0 Å². The van der Waals surface area contributed by atoms with Crippen molar-refractivity contribution in [2.75, 3.05) is 0 Å². The molecule has 0 aromatic heterocycles. The molecule has 3 nitrogen and oxygen atoms in total. The van der Waals surface area contributed by atoms with Gasteiger partial charge in [0.15, 0.2) is 0 Å². The quantitative estimate of drug-likeness (QED) is 0.643. The monoisotopic (exact) mass is 348 g/mol. The van der Waals surface area contributed by atoms with E-state index in [1.807, 2.05) is 24.4 Å². The van der Waals surface area contributed by atoms with Crippen molar-refractivity contribution in [1.82, 2.24) is 5.32 Å². The number of benzene rings is 2. The van der Waals surface area contributed by atoms with Crippen LogP contribution in [0.15, 0.2) is 65.7 Å². The molecule has 0 spiro atoms. The first-order valence-corrected chi connectivity index (χ1v) is 9.24. The van der Waals surface area contributed by atoms with Crippen LogP contribution in [-0.4, -0.2) is 12.1 Å². The second-order valence-corrected chi connectivity index (χ2v) is 6.30. The molecule has 1 atom stereocenters. The standard InChI is InChI=1S/C23H28N2O/c1-4-20(15-16-24-17-19-9-7-6-8-10-19)21-11-13-22(14-12-21)23(5-2)25-18(3)26/h6-16,23H,4-5,17H2,1-3H3,(H,25,26)/b20-15+,24-16?. The van der Waals surface area contributed by atoms with E-state index >= 15 is 0 Å². The van der Waals surface area contributed by atoms with Gasteiger partial charge in [0.05, 0.1) is 12.6 Å². The van der Waals surface area contributed by atoms with Crippen LogP contribution in [-0.2, 0) is 11.3 Å². The Hall–Kier alpha value is -2.68. The molecule has 0 aliphatic carbocycles. The number of hydrogen-bond donors (Lipinski definition) is 1. The Labute approximate surface area is 156 Å². The highest BCUT2D eigenvalue weighted by atomic mass is 16.1. The van der Waals surface area contributed by atoms with E-state index in [4.69, 9.17) is 0 Å². The summed E-state index contributed by atoms with van der Waals surface area (Å²) in [6, 6.07) is 18.8. The molecule has 136 valence electrons. The first-order chi connectivity index (χ1) is 12.6. The van der Waals surface area contributed by atoms with Gasteiger partial charge in [0.2, 0.25) is 5.91 Å². The van der Waals surface area contributed by atoms with Gasteiger partial charge < -0.3 is 5.32 Å². The van der Waals surface area contributed by atoms with Gasteiger partial charge in [0.25, 0.3) is 0 Å². The first kappa shape index (κ1) is 19.6. The summed E-state index contributed by atoms with van der Waals surface area (Å²) < 4.78 is 0. The Bertz CT molecular complexity index is 746. The lowest BCUT2D eigenvalue weighted by Crippen LogP contribution is -2.25. The minimum absolute atomic E-state index is 0.00435. The van der Waals surface area contributed by atoms with Gasteiger partial charge in [-0.3, -0.25) is 9.79 Å². The number of aliphatic imine (C=N–C) groups is 1. The smallest absolute Gasteiger partial charge is 0.217 e. The second-order valence-electron chi connectivity index (χ2n) is 6.30. The maximum atomic E-state index is 11.3. The molecule has 0 saturated carbocycles. The lowest BCUT2D eigenvalue weighted by molar-refractivity contribution is -0.119. The molecule has 0 aliphatic rings. The van der Waals surface area contributed by atoms with Crippen LogP contribution in [0.3, 0.4) is 0 Å². The summed E-state index contributed by atoms with van der Waals surface area (Å²) in [5.41, 5.74) is 4.80. The molecule has 1 N–H and O–H groups in total. The minimum Gasteiger partial charge on any atom is -0.350 e. The van der Waals surface area contributed by atoms with Crippen molar-refractivity contribution in [3.05, 3.63) is 77.4 Å². The zero-order valence-electron chi connectivity index (χ0n) is 15.9. The van der Waals surface area contributed by atoms with Crippen LogP contribution in [0, 0.1) is 0 Å². The molecular weight excluding hydrogens is 320 g/mol. The van der Waals surface area contributed by atoms with Crippen LogP contribution < -0.4 is 5.32 Å². The predicted octanol–water partition coefficient (Wildman–Crippen LogP) is 5.34. The van der Waals surface area contributed by atoms with E-state index in [2.05, 4.69) is 66.6 Å². The Morgan fingerprint density at radius 3 is 2.35 bits per heavy atom. The van der Waals surface area contributed by atoms with Crippen LogP contribution in [0.4, 0.5) is 0 Å². The van der Waals surface area contributed by atoms with E-state index in [0.717, 1.165) is 18.4 Å². The number of hydrogen-bond acceptors (Lipinski definition) is 2. The molecule has 2 aromatic carbocycles. The minimum atomic E-state index is 0.00435. The van der Waals surface area contributed by atoms with Crippen molar-refractivity contribution < 1.29 is 4.79 Å². The fraction of sp³-hybridized carbons (Fsp3) is 0.304. The summed E-state index contributed by atoms with van der Waals surface area (Å²) in [6.07, 6.45) is 5.80. The van der Waals surface area contributed by atoms with E-state index < -0.39 is 0 Å². The third kappa shape index (κ3) is 5.99. The van der Waals surface area contributed by atoms with E-state index in [-0.39, 0.29) is 11.9 Å². The molecule has 1 amide bonds. The summed E-state index contributed by atoms with van der Waals surface area (Å²) >= 11 is 0. The molecule has 1 unspecified atom stereocenters. The average Bonchev–Trinajstić information content (AvgIpc) is 2.67. The zero-order valence-corrected chi connectivity index (χ0v) is 15.9. The third-order valence-electron chi connectivity index (χ3n) is 4.35. The highest BCUT2D eigenvalue weighted by molar-refractivity contribution is 5.84. The van der Waals surface area contributed by atoms with Gasteiger partial charge in [0.1, 0.15) is 0 Å². The van der Waals surface area contributed by atoms with Crippen LogP contribution in [0.2, 0.25) is 0 Å². The van der Waals surface area contributed by atoms with Crippen molar-refractivity contribution in [2.45, 2.75) is 46.2 Å². The number of rotatable bonds is 8. The van der Waals surface area contributed by atoms with E-state index in [0.29, 0.717) is 6.54 Å². The van der Waals surface area contributed by atoms with E-state index in [1.54, 1.807) is 6.92 Å². The van der Waals surface area contributed by atoms with Crippen molar-refractivity contribution in [1.29, 1.82) is 0 Å². The van der Waals surface area contributed by atoms with Crippen LogP contribution >= 0.6 is 0 Å². The SMILES string of the molecule is CC/C(=C\C=NCc1ccccc1)c1ccc(C(CC)NC(C)=O)cc1. The lowest BCUT2D eigenvalue weighted by atomic mass is 9.98. The molecule has 2 rings (SSSR count). The number of allylic oxidation sites excluding steroid dienone is 2. The predicted molar refractivity (Wildman–Crippen MR) is 110 cm³/mol. The Kier molecular flexibility index (Phi) is 7.81. The highest BCUT2D eigenvalue weighted by Gasteiger charge is 2.10. The molecule has 0 aliphatic heterocycles. The van der Waals surface area contributed by atoms with Gasteiger partial charge in [-0.1, -0.05) is 68.4 Å². The summed E-state index contributed by atoms with van der Waals surface area (Å²) in [5, 5.41) is 2.99. The van der Waals surface area contributed by atoms with Gasteiger partial charge in [0, 0.05) is 13.1 Å². The van der Waals surface area contributed by atoms with Crippen molar-refractivity contribution >= 4 is 17.7 Å². The first-order valence-electron chi connectivity index (χ1n) is 9.24. The summed E-state index contributed by atoms with van der Waals surface area (Å²) in [4.78, 5) is 15.8. The number of carbonyl (C=O) groups excluding carboxylic acids is 1. The Balaban J connectivity index is 2.05. The molecule has 0 heterocycles. The number of nitrogens with zero attached hydrogens (tertiary/aromatic N) is 1. The average molecular weight is 348 g/mol. The van der Waals surface area contributed by atoms with Gasteiger partial charge in [-0.15, -0.1) is 0 Å². The zero-order chi connectivity index (χ0) is 18.8. The van der Waals surface area contributed by atoms with Crippen LogP contribution in [0.25, 0.3) is 5.57 Å². The maximum Gasteiger partial charge on any atom is 0.217 e. The van der Waals surface area contributed by atoms with Crippen LogP contribution in [0.5, 0.6) is 0 Å². The normalized spacial score (nSPS) is 13.0. The van der Waals surface area contributed by atoms with Crippen molar-refractivity contribution in [3.63, 3.8) is 0 Å². The maximum absolute atomic E-state index is 11.3. The summed E-state index contributed by atoms with van der Waals surface area (Å²) in [6.45, 7) is 6.48. The topological polar surface area (TPSA) is 41.5 Å². The largest absolute Gasteiger partial charge is 0.350 e. The highest BCUT2D eigenvalue weighted by Crippen LogP contribution is 2.22. The molecular formula is C23H28N2O. The number of amides is 1. The van der Waals surface area contributed by atoms with Gasteiger partial charge in [-0.05, 0) is 41.2 Å². The number of carbonyl (C=O) groups is 1. The van der Waals surface area contributed by atoms with Gasteiger partial charge >= 0.3 is 0 Å².